The molecule has 0 radical (unpaired) electrons. The van der Waals surface area contributed by atoms with Crippen molar-refractivity contribution in [1.82, 2.24) is 0 Å². The Morgan fingerprint density at radius 3 is 1.22 bits per heavy atom. The number of imide groups is 2. The van der Waals surface area contributed by atoms with E-state index in [4.69, 9.17) is 9.47 Å². The molecule has 2 aliphatic rings. The Bertz CT molecular complexity index is 1290. The van der Waals surface area contributed by atoms with Crippen LogP contribution in [-0.4, -0.2) is 37.8 Å². The predicted octanol–water partition coefficient (Wildman–Crippen LogP) is 2.87. The highest BCUT2D eigenvalue weighted by molar-refractivity contribution is 6.30. The van der Waals surface area contributed by atoms with E-state index in [9.17, 15) is 19.2 Å². The number of hydrogen-bond donors (Lipinski definition) is 0. The van der Waals surface area contributed by atoms with Crippen molar-refractivity contribution in [2.45, 2.75) is 0 Å². The van der Waals surface area contributed by atoms with Gasteiger partial charge in [-0.25, -0.2) is 9.80 Å². The van der Waals surface area contributed by atoms with Gasteiger partial charge in [0.2, 0.25) is 0 Å². The first-order chi connectivity index (χ1) is 15.4. The van der Waals surface area contributed by atoms with E-state index in [1.54, 1.807) is 24.3 Å². The van der Waals surface area contributed by atoms with Gasteiger partial charge in [-0.2, -0.15) is 0 Å². The fraction of sp³-hybridized carbons (Fsp3) is 0.0833. The summed E-state index contributed by atoms with van der Waals surface area (Å²) < 4.78 is 10.9. The Kier molecular flexibility index (Phi) is 4.30. The lowest BCUT2D eigenvalue weighted by molar-refractivity contribution is -0.121. The average molecular weight is 428 g/mol. The third kappa shape index (κ3) is 2.77. The standard InChI is InChI=1S/C24H16N2O6/c1-31-19-9-13-3-4-14-10-20(32-2)18(26-23(29)7-8-24(26)30)12-16(14)15(13)11-17(19)25-21(27)5-6-22(25)28/h3-12H,1-2H3. The molecular formula is C24H16N2O6. The maximum absolute atomic E-state index is 12.3. The predicted molar refractivity (Wildman–Crippen MR) is 118 cm³/mol. The molecule has 3 aromatic rings. The Morgan fingerprint density at radius 1 is 0.562 bits per heavy atom. The quantitative estimate of drug-likeness (QED) is 0.469. The molecule has 8 heteroatoms. The molecule has 5 rings (SSSR count). The zero-order valence-corrected chi connectivity index (χ0v) is 17.1. The van der Waals surface area contributed by atoms with E-state index in [1.165, 1.54) is 38.5 Å². The largest absolute Gasteiger partial charge is 0.495 e. The van der Waals surface area contributed by atoms with Gasteiger partial charge in [-0.05, 0) is 45.8 Å². The first-order valence-corrected chi connectivity index (χ1v) is 9.67. The van der Waals surface area contributed by atoms with Crippen LogP contribution in [0.2, 0.25) is 0 Å². The monoisotopic (exact) mass is 428 g/mol. The maximum atomic E-state index is 12.3. The molecule has 32 heavy (non-hydrogen) atoms. The summed E-state index contributed by atoms with van der Waals surface area (Å²) in [4.78, 5) is 51.3. The summed E-state index contributed by atoms with van der Waals surface area (Å²) in [6.45, 7) is 0. The molecule has 0 bridgehead atoms. The van der Waals surface area contributed by atoms with Crippen molar-refractivity contribution in [1.29, 1.82) is 0 Å². The van der Waals surface area contributed by atoms with Crippen molar-refractivity contribution in [3.63, 3.8) is 0 Å². The highest BCUT2D eigenvalue weighted by atomic mass is 16.5. The Balaban J connectivity index is 1.80. The molecule has 3 aromatic carbocycles. The normalized spacial score (nSPS) is 15.7. The van der Waals surface area contributed by atoms with Crippen molar-refractivity contribution >= 4 is 56.5 Å². The summed E-state index contributed by atoms with van der Waals surface area (Å²) in [6, 6.07) is 10.6. The van der Waals surface area contributed by atoms with Gasteiger partial charge in [0, 0.05) is 24.3 Å². The van der Waals surface area contributed by atoms with Crippen LogP contribution >= 0.6 is 0 Å². The second-order valence-electron chi connectivity index (χ2n) is 7.25. The van der Waals surface area contributed by atoms with Crippen molar-refractivity contribution in [3.05, 3.63) is 60.7 Å². The number of carbonyl (C=O) groups excluding carboxylic acids is 4. The number of amides is 4. The highest BCUT2D eigenvalue weighted by Gasteiger charge is 2.30. The van der Waals surface area contributed by atoms with Gasteiger partial charge in [-0.1, -0.05) is 12.1 Å². The number of methoxy groups -OCH3 is 2. The van der Waals surface area contributed by atoms with Crippen LogP contribution in [0.5, 0.6) is 11.5 Å². The van der Waals surface area contributed by atoms with Gasteiger partial charge < -0.3 is 9.47 Å². The number of ether oxygens (including phenoxy) is 2. The zero-order chi connectivity index (χ0) is 22.6. The van der Waals surface area contributed by atoms with E-state index < -0.39 is 23.6 Å². The van der Waals surface area contributed by atoms with Crippen molar-refractivity contribution in [2.75, 3.05) is 24.0 Å². The maximum Gasteiger partial charge on any atom is 0.258 e. The number of fused-ring (bicyclic) bond motifs is 3. The third-order valence-electron chi connectivity index (χ3n) is 5.53. The van der Waals surface area contributed by atoms with Gasteiger partial charge in [-0.15, -0.1) is 0 Å². The molecule has 0 saturated carbocycles. The van der Waals surface area contributed by atoms with Crippen LogP contribution in [0.1, 0.15) is 0 Å². The van der Waals surface area contributed by atoms with Gasteiger partial charge >= 0.3 is 0 Å². The first kappa shape index (κ1) is 19.5. The fourth-order valence-electron chi connectivity index (χ4n) is 4.04. The number of nitrogens with zero attached hydrogens (tertiary/aromatic N) is 2. The second kappa shape index (κ2) is 7.05. The third-order valence-corrected chi connectivity index (χ3v) is 5.53. The minimum Gasteiger partial charge on any atom is -0.495 e. The molecule has 2 aliphatic heterocycles. The van der Waals surface area contributed by atoms with E-state index in [-0.39, 0.29) is 0 Å². The Morgan fingerprint density at radius 2 is 0.906 bits per heavy atom. The lowest BCUT2D eigenvalue weighted by Crippen LogP contribution is -2.30. The van der Waals surface area contributed by atoms with E-state index in [0.717, 1.165) is 20.6 Å². The van der Waals surface area contributed by atoms with Crippen LogP contribution in [0.15, 0.2) is 60.7 Å². The molecule has 0 atom stereocenters. The van der Waals surface area contributed by atoms with Gasteiger partial charge in [0.15, 0.2) is 0 Å². The SMILES string of the molecule is COc1cc2ccc3cc(OC)c(N4C(=O)C=CC4=O)cc3c2cc1N1C(=O)C=CC1=O. The molecular weight excluding hydrogens is 412 g/mol. The highest BCUT2D eigenvalue weighted by Crippen LogP contribution is 2.41. The molecule has 0 N–H and O–H groups in total. The summed E-state index contributed by atoms with van der Waals surface area (Å²) in [5.41, 5.74) is 0.611. The number of anilines is 2. The zero-order valence-electron chi connectivity index (χ0n) is 17.1. The molecule has 0 unspecified atom stereocenters. The summed E-state index contributed by atoms with van der Waals surface area (Å²) in [5.74, 6) is -1.12. The summed E-state index contributed by atoms with van der Waals surface area (Å²) >= 11 is 0. The van der Waals surface area contributed by atoms with E-state index in [1.807, 2.05) is 12.1 Å². The summed E-state index contributed by atoms with van der Waals surface area (Å²) in [5, 5.41) is 3.00. The topological polar surface area (TPSA) is 93.2 Å². The molecule has 158 valence electrons. The average Bonchev–Trinajstić information content (AvgIpc) is 3.31. The van der Waals surface area contributed by atoms with Crippen LogP contribution < -0.4 is 19.3 Å². The summed E-state index contributed by atoms with van der Waals surface area (Å²) in [6.07, 6.45) is 4.82. The van der Waals surface area contributed by atoms with Gasteiger partial charge in [-0.3, -0.25) is 19.2 Å². The van der Waals surface area contributed by atoms with E-state index in [2.05, 4.69) is 0 Å². The summed E-state index contributed by atoms with van der Waals surface area (Å²) in [7, 11) is 2.93. The smallest absolute Gasteiger partial charge is 0.258 e. The number of carbonyl (C=O) groups is 4. The van der Waals surface area contributed by atoms with Gasteiger partial charge in [0.05, 0.1) is 25.6 Å². The van der Waals surface area contributed by atoms with E-state index >= 15 is 0 Å². The van der Waals surface area contributed by atoms with Gasteiger partial charge in [0.25, 0.3) is 23.6 Å². The van der Waals surface area contributed by atoms with Crippen molar-refractivity contribution in [3.8, 4) is 11.5 Å². The molecule has 0 aliphatic carbocycles. The molecule has 0 aromatic heterocycles. The lowest BCUT2D eigenvalue weighted by Gasteiger charge is -2.21. The van der Waals surface area contributed by atoms with Crippen molar-refractivity contribution < 1.29 is 28.7 Å². The minimum atomic E-state index is -0.463. The molecule has 0 fully saturated rings. The number of benzene rings is 3. The Labute approximate surface area is 181 Å². The number of rotatable bonds is 4. The second-order valence-corrected chi connectivity index (χ2v) is 7.25. The number of hydrogen-bond acceptors (Lipinski definition) is 6. The minimum absolute atomic E-state index is 0.305. The van der Waals surface area contributed by atoms with Gasteiger partial charge in [0.1, 0.15) is 11.5 Å². The van der Waals surface area contributed by atoms with Crippen LogP contribution in [0, 0.1) is 0 Å². The first-order valence-electron chi connectivity index (χ1n) is 9.67. The Hall–Kier alpha value is -4.46. The van der Waals surface area contributed by atoms with E-state index in [0.29, 0.717) is 33.6 Å². The van der Waals surface area contributed by atoms with Crippen molar-refractivity contribution in [2.24, 2.45) is 0 Å². The van der Waals surface area contributed by atoms with Crippen LogP contribution in [-0.2, 0) is 19.2 Å². The fourth-order valence-corrected chi connectivity index (χ4v) is 4.04. The molecule has 8 nitrogen and oxygen atoms in total. The molecule has 4 amide bonds. The molecule has 2 heterocycles. The lowest BCUT2D eigenvalue weighted by atomic mass is 9.99. The van der Waals surface area contributed by atoms with Crippen LogP contribution in [0.25, 0.3) is 21.5 Å². The molecule has 0 saturated heterocycles. The van der Waals surface area contributed by atoms with Crippen LogP contribution in [0.3, 0.4) is 0 Å². The van der Waals surface area contributed by atoms with Crippen LogP contribution in [0.4, 0.5) is 11.4 Å². The molecule has 0 spiro atoms.